The maximum Gasteiger partial charge on any atom is 0.234 e. The molecule has 1 saturated carbocycles. The summed E-state index contributed by atoms with van der Waals surface area (Å²) >= 11 is 4.89. The van der Waals surface area contributed by atoms with Crippen molar-refractivity contribution in [3.8, 4) is 0 Å². The van der Waals surface area contributed by atoms with Crippen LogP contribution >= 0.6 is 12.2 Å². The van der Waals surface area contributed by atoms with Crippen molar-refractivity contribution in [2.24, 2.45) is 17.1 Å². The normalized spacial score (nSPS) is 16.5. The summed E-state index contributed by atoms with van der Waals surface area (Å²) in [6, 6.07) is 0. The fraction of sp³-hybridized carbons (Fsp3) is 0.800. The Morgan fingerprint density at radius 2 is 2.07 bits per heavy atom. The molecule has 0 unspecified atom stereocenters. The van der Waals surface area contributed by atoms with Gasteiger partial charge in [-0.3, -0.25) is 4.79 Å². The van der Waals surface area contributed by atoms with E-state index in [4.69, 9.17) is 18.0 Å². The molecule has 14 heavy (non-hydrogen) atoms. The molecule has 0 aromatic rings. The van der Waals surface area contributed by atoms with E-state index in [9.17, 15) is 4.79 Å². The Bertz CT molecular complexity index is 259. The molecule has 0 aromatic heterocycles. The number of amides is 1. The lowest BCUT2D eigenvalue weighted by Gasteiger charge is -2.28. The second-order valence-electron chi connectivity index (χ2n) is 4.62. The number of thiocarbonyl (C=S) groups is 1. The largest absolute Gasteiger partial charge is 0.392 e. The molecule has 1 amide bonds. The number of hydrogen-bond acceptors (Lipinski definition) is 2. The van der Waals surface area contributed by atoms with Crippen LogP contribution in [0, 0.1) is 11.3 Å². The Balaban J connectivity index is 2.57. The molecule has 0 bridgehead atoms. The molecule has 80 valence electrons. The summed E-state index contributed by atoms with van der Waals surface area (Å²) in [4.78, 5) is 13.9. The third kappa shape index (κ3) is 2.44. The number of nitrogens with two attached hydrogens (primary N) is 1. The minimum Gasteiger partial charge on any atom is -0.392 e. The van der Waals surface area contributed by atoms with Gasteiger partial charge in [0, 0.05) is 13.6 Å². The fourth-order valence-corrected chi connectivity index (χ4v) is 1.44. The van der Waals surface area contributed by atoms with Gasteiger partial charge in [0.05, 0.1) is 10.4 Å². The standard InChI is InChI=1S/C10H18N2OS/c1-10(2,8(11)14)9(13)12(3)6-7-4-5-7/h7H,4-6H2,1-3H3,(H2,11,14). The number of nitrogens with zero attached hydrogens (tertiary/aromatic N) is 1. The van der Waals surface area contributed by atoms with Crippen molar-refractivity contribution in [2.75, 3.05) is 13.6 Å². The number of carbonyl (C=O) groups is 1. The predicted octanol–water partition coefficient (Wildman–Crippen LogP) is 1.17. The van der Waals surface area contributed by atoms with Crippen molar-refractivity contribution in [3.63, 3.8) is 0 Å². The first-order chi connectivity index (χ1) is 6.35. The van der Waals surface area contributed by atoms with Crippen molar-refractivity contribution in [2.45, 2.75) is 26.7 Å². The molecule has 0 saturated heterocycles. The maximum atomic E-state index is 11.9. The van der Waals surface area contributed by atoms with E-state index in [1.54, 1.807) is 18.7 Å². The Hall–Kier alpha value is -0.640. The van der Waals surface area contributed by atoms with Gasteiger partial charge in [-0.05, 0) is 32.6 Å². The van der Waals surface area contributed by atoms with Gasteiger partial charge in [0.25, 0.3) is 0 Å². The molecule has 3 nitrogen and oxygen atoms in total. The van der Waals surface area contributed by atoms with Gasteiger partial charge in [-0.25, -0.2) is 0 Å². The van der Waals surface area contributed by atoms with Crippen LogP contribution in [0.15, 0.2) is 0 Å². The number of hydrogen-bond donors (Lipinski definition) is 1. The topological polar surface area (TPSA) is 46.3 Å². The Labute approximate surface area is 90.6 Å². The van der Waals surface area contributed by atoms with Crippen LogP contribution in [0.3, 0.4) is 0 Å². The lowest BCUT2D eigenvalue weighted by atomic mass is 9.91. The number of rotatable bonds is 4. The quantitative estimate of drug-likeness (QED) is 0.715. The summed E-state index contributed by atoms with van der Waals surface area (Å²) in [7, 11) is 1.82. The van der Waals surface area contributed by atoms with Gasteiger partial charge in [0.2, 0.25) is 5.91 Å². The molecule has 1 rings (SSSR count). The second kappa shape index (κ2) is 3.85. The smallest absolute Gasteiger partial charge is 0.234 e. The average molecular weight is 214 g/mol. The van der Waals surface area contributed by atoms with Gasteiger partial charge in [-0.15, -0.1) is 0 Å². The van der Waals surface area contributed by atoms with Crippen LogP contribution in [0.25, 0.3) is 0 Å². The molecule has 0 aliphatic heterocycles. The van der Waals surface area contributed by atoms with E-state index >= 15 is 0 Å². The first-order valence-electron chi connectivity index (χ1n) is 4.91. The van der Waals surface area contributed by atoms with Gasteiger partial charge in [-0.2, -0.15) is 0 Å². The Morgan fingerprint density at radius 3 is 2.43 bits per heavy atom. The third-order valence-corrected chi connectivity index (χ3v) is 3.24. The molecule has 0 radical (unpaired) electrons. The molecule has 4 heteroatoms. The zero-order valence-corrected chi connectivity index (χ0v) is 9.86. The summed E-state index contributed by atoms with van der Waals surface area (Å²) in [5.74, 6) is 0.725. The Kier molecular flexibility index (Phi) is 3.14. The van der Waals surface area contributed by atoms with Crippen LogP contribution in [-0.4, -0.2) is 29.4 Å². The molecular weight excluding hydrogens is 196 g/mol. The maximum absolute atomic E-state index is 11.9. The van der Waals surface area contributed by atoms with E-state index in [0.29, 0.717) is 5.92 Å². The van der Waals surface area contributed by atoms with E-state index < -0.39 is 5.41 Å². The zero-order chi connectivity index (χ0) is 10.9. The average Bonchev–Trinajstić information content (AvgIpc) is 2.86. The molecule has 1 aliphatic carbocycles. The van der Waals surface area contributed by atoms with Crippen LogP contribution in [0.5, 0.6) is 0 Å². The summed E-state index contributed by atoms with van der Waals surface area (Å²) in [5.41, 5.74) is 4.83. The van der Waals surface area contributed by atoms with Crippen LogP contribution in [0.2, 0.25) is 0 Å². The van der Waals surface area contributed by atoms with Crippen LogP contribution < -0.4 is 5.73 Å². The van der Waals surface area contributed by atoms with Crippen molar-refractivity contribution in [3.05, 3.63) is 0 Å². The molecule has 0 atom stereocenters. The summed E-state index contributed by atoms with van der Waals surface area (Å²) in [5, 5.41) is 0. The van der Waals surface area contributed by atoms with Crippen LogP contribution in [0.4, 0.5) is 0 Å². The van der Waals surface area contributed by atoms with Crippen molar-refractivity contribution in [1.29, 1.82) is 0 Å². The van der Waals surface area contributed by atoms with Crippen LogP contribution in [-0.2, 0) is 4.79 Å². The molecule has 0 aromatic carbocycles. The molecular formula is C10H18N2OS. The van der Waals surface area contributed by atoms with E-state index in [1.165, 1.54) is 12.8 Å². The third-order valence-electron chi connectivity index (χ3n) is 2.73. The Morgan fingerprint density at radius 1 is 1.57 bits per heavy atom. The van der Waals surface area contributed by atoms with E-state index in [2.05, 4.69) is 0 Å². The van der Waals surface area contributed by atoms with Crippen LogP contribution in [0.1, 0.15) is 26.7 Å². The van der Waals surface area contributed by atoms with Gasteiger partial charge < -0.3 is 10.6 Å². The summed E-state index contributed by atoms with van der Waals surface area (Å²) < 4.78 is 0. The summed E-state index contributed by atoms with van der Waals surface area (Å²) in [6.45, 7) is 4.40. The van der Waals surface area contributed by atoms with Gasteiger partial charge in [-0.1, -0.05) is 12.2 Å². The molecule has 2 N–H and O–H groups in total. The second-order valence-corrected chi connectivity index (χ2v) is 5.06. The van der Waals surface area contributed by atoms with E-state index in [1.807, 2.05) is 7.05 Å². The van der Waals surface area contributed by atoms with Gasteiger partial charge >= 0.3 is 0 Å². The van der Waals surface area contributed by atoms with Gasteiger partial charge in [0.15, 0.2) is 0 Å². The van der Waals surface area contributed by atoms with Crippen molar-refractivity contribution in [1.82, 2.24) is 4.90 Å². The zero-order valence-electron chi connectivity index (χ0n) is 9.04. The van der Waals surface area contributed by atoms with E-state index in [-0.39, 0.29) is 10.9 Å². The minimum atomic E-state index is -0.709. The fourth-order valence-electron chi connectivity index (χ4n) is 1.35. The van der Waals surface area contributed by atoms with Gasteiger partial charge in [0.1, 0.15) is 0 Å². The highest BCUT2D eigenvalue weighted by atomic mass is 32.1. The highest BCUT2D eigenvalue weighted by Crippen LogP contribution is 2.30. The molecule has 0 spiro atoms. The van der Waals surface area contributed by atoms with E-state index in [0.717, 1.165) is 6.54 Å². The number of carbonyl (C=O) groups excluding carboxylic acids is 1. The first kappa shape index (κ1) is 11.4. The highest BCUT2D eigenvalue weighted by molar-refractivity contribution is 7.80. The highest BCUT2D eigenvalue weighted by Gasteiger charge is 2.35. The molecule has 0 heterocycles. The predicted molar refractivity (Wildman–Crippen MR) is 60.9 cm³/mol. The molecule has 1 aliphatic rings. The first-order valence-corrected chi connectivity index (χ1v) is 5.32. The monoisotopic (exact) mass is 214 g/mol. The minimum absolute atomic E-state index is 0.0249. The lowest BCUT2D eigenvalue weighted by Crippen LogP contribution is -2.46. The molecule has 1 fully saturated rings. The summed E-state index contributed by atoms with van der Waals surface area (Å²) in [6.07, 6.45) is 2.48. The van der Waals surface area contributed by atoms with Crippen molar-refractivity contribution < 1.29 is 4.79 Å². The SMILES string of the molecule is CN(CC1CC1)C(=O)C(C)(C)C(N)=S. The lowest BCUT2D eigenvalue weighted by molar-refractivity contribution is -0.135. The van der Waals surface area contributed by atoms with Crippen molar-refractivity contribution >= 4 is 23.1 Å².